The molecule has 0 bridgehead atoms. The van der Waals surface area contributed by atoms with Crippen molar-refractivity contribution in [1.29, 1.82) is 0 Å². The molecular weight excluding hydrogens is 278 g/mol. The minimum atomic E-state index is 0.504. The van der Waals surface area contributed by atoms with Crippen LogP contribution < -0.4 is 10.2 Å². The van der Waals surface area contributed by atoms with Crippen molar-refractivity contribution in [2.75, 3.05) is 36.4 Å². The molecule has 2 aliphatic rings. The minimum absolute atomic E-state index is 0.504. The Hall–Kier alpha value is -1.85. The number of amides is 1. The number of nitrogens with zero attached hydrogens (tertiary/aromatic N) is 4. The number of anilines is 2. The van der Waals surface area contributed by atoms with Gasteiger partial charge in [0.05, 0.1) is 0 Å². The summed E-state index contributed by atoms with van der Waals surface area (Å²) in [5.74, 6) is 1.69. The minimum Gasteiger partial charge on any atom is -0.353 e. The van der Waals surface area contributed by atoms with Crippen molar-refractivity contribution < 1.29 is 4.79 Å². The Morgan fingerprint density at radius 3 is 2.50 bits per heavy atom. The molecule has 1 aromatic rings. The van der Waals surface area contributed by atoms with Crippen LogP contribution in [0.5, 0.6) is 0 Å². The summed E-state index contributed by atoms with van der Waals surface area (Å²) in [6, 6.07) is 2.46. The summed E-state index contributed by atoms with van der Waals surface area (Å²) in [7, 11) is 0. The van der Waals surface area contributed by atoms with E-state index in [2.05, 4.69) is 20.2 Å². The number of rotatable bonds is 4. The van der Waals surface area contributed by atoms with E-state index in [1.54, 1.807) is 0 Å². The lowest BCUT2D eigenvalue weighted by Crippen LogP contribution is -2.46. The summed E-state index contributed by atoms with van der Waals surface area (Å²) in [5, 5.41) is 3.50. The molecule has 1 saturated carbocycles. The first-order valence-electron chi connectivity index (χ1n) is 8.39. The molecule has 0 unspecified atom stereocenters. The van der Waals surface area contributed by atoms with Gasteiger partial charge in [-0.3, -0.25) is 4.79 Å². The van der Waals surface area contributed by atoms with Gasteiger partial charge in [-0.2, -0.15) is 4.98 Å². The summed E-state index contributed by atoms with van der Waals surface area (Å²) in [4.78, 5) is 23.9. The van der Waals surface area contributed by atoms with Crippen LogP contribution in [-0.2, 0) is 4.79 Å². The highest BCUT2D eigenvalue weighted by Gasteiger charge is 2.18. The van der Waals surface area contributed by atoms with Crippen LogP contribution >= 0.6 is 0 Å². The maximum Gasteiger partial charge on any atom is 0.224 e. The summed E-state index contributed by atoms with van der Waals surface area (Å²) >= 11 is 0. The molecule has 0 spiro atoms. The van der Waals surface area contributed by atoms with Crippen LogP contribution in [0.25, 0.3) is 0 Å². The molecule has 2 fully saturated rings. The fourth-order valence-corrected chi connectivity index (χ4v) is 3.26. The second kappa shape index (κ2) is 7.42. The molecule has 22 heavy (non-hydrogen) atoms. The third kappa shape index (κ3) is 3.87. The van der Waals surface area contributed by atoms with Gasteiger partial charge in [0.15, 0.2) is 0 Å². The largest absolute Gasteiger partial charge is 0.353 e. The van der Waals surface area contributed by atoms with Crippen LogP contribution in [0.3, 0.4) is 0 Å². The molecule has 0 atom stereocenters. The molecule has 1 aliphatic carbocycles. The van der Waals surface area contributed by atoms with Crippen molar-refractivity contribution in [3.63, 3.8) is 0 Å². The summed E-state index contributed by atoms with van der Waals surface area (Å²) in [5.41, 5.74) is 0. The highest BCUT2D eigenvalue weighted by Crippen LogP contribution is 2.21. The topological polar surface area (TPSA) is 61.4 Å². The standard InChI is InChI=1S/C16H25N5O/c22-13-20-9-11-21(12-10-20)15-7-8-17-16(19-15)18-14-5-3-1-2-4-6-14/h7-8,13-14H,1-6,9-12H2,(H,17,18,19). The maximum absolute atomic E-state index is 10.8. The second-order valence-electron chi connectivity index (χ2n) is 6.20. The first kappa shape index (κ1) is 15.1. The van der Waals surface area contributed by atoms with Crippen molar-refractivity contribution in [1.82, 2.24) is 14.9 Å². The summed E-state index contributed by atoms with van der Waals surface area (Å²) in [6.07, 6.45) is 10.5. The fourth-order valence-electron chi connectivity index (χ4n) is 3.26. The number of carbonyl (C=O) groups is 1. The molecule has 1 aliphatic heterocycles. The van der Waals surface area contributed by atoms with Gasteiger partial charge in [-0.05, 0) is 18.9 Å². The normalized spacial score (nSPS) is 20.5. The van der Waals surface area contributed by atoms with Crippen molar-refractivity contribution in [3.05, 3.63) is 12.3 Å². The lowest BCUT2D eigenvalue weighted by atomic mass is 10.1. The average Bonchev–Trinajstić information content (AvgIpc) is 2.84. The van der Waals surface area contributed by atoms with Crippen LogP contribution in [0.15, 0.2) is 12.3 Å². The molecule has 1 N–H and O–H groups in total. The predicted octanol–water partition coefficient (Wildman–Crippen LogP) is 1.89. The molecule has 3 rings (SSSR count). The average molecular weight is 303 g/mol. The van der Waals surface area contributed by atoms with Gasteiger partial charge in [0, 0.05) is 38.4 Å². The number of piperazine rings is 1. The van der Waals surface area contributed by atoms with Gasteiger partial charge >= 0.3 is 0 Å². The Balaban J connectivity index is 1.61. The molecular formula is C16H25N5O. The van der Waals surface area contributed by atoms with E-state index in [4.69, 9.17) is 0 Å². The lowest BCUT2D eigenvalue weighted by Gasteiger charge is -2.33. The van der Waals surface area contributed by atoms with Gasteiger partial charge < -0.3 is 15.1 Å². The number of nitrogens with one attached hydrogen (secondary N) is 1. The molecule has 6 nitrogen and oxygen atoms in total. The number of carbonyl (C=O) groups excluding carboxylic acids is 1. The Labute approximate surface area is 131 Å². The number of aromatic nitrogens is 2. The van der Waals surface area contributed by atoms with Crippen LogP contribution in [-0.4, -0.2) is 53.5 Å². The molecule has 1 amide bonds. The fraction of sp³-hybridized carbons (Fsp3) is 0.688. The molecule has 120 valence electrons. The Morgan fingerprint density at radius 2 is 1.82 bits per heavy atom. The van der Waals surface area contributed by atoms with Gasteiger partial charge in [-0.25, -0.2) is 4.98 Å². The monoisotopic (exact) mass is 303 g/mol. The lowest BCUT2D eigenvalue weighted by molar-refractivity contribution is -0.118. The van der Waals surface area contributed by atoms with Gasteiger partial charge in [0.2, 0.25) is 12.4 Å². The van der Waals surface area contributed by atoms with Gasteiger partial charge in [-0.1, -0.05) is 25.7 Å². The zero-order chi connectivity index (χ0) is 15.2. The molecule has 0 radical (unpaired) electrons. The zero-order valence-electron chi connectivity index (χ0n) is 13.1. The third-order valence-electron chi connectivity index (χ3n) is 4.62. The van der Waals surface area contributed by atoms with Crippen LogP contribution in [0, 0.1) is 0 Å². The molecule has 1 saturated heterocycles. The van der Waals surface area contributed by atoms with Gasteiger partial charge in [0.25, 0.3) is 0 Å². The van der Waals surface area contributed by atoms with Crippen LogP contribution in [0.2, 0.25) is 0 Å². The van der Waals surface area contributed by atoms with Crippen molar-refractivity contribution in [2.24, 2.45) is 0 Å². The Bertz CT molecular complexity index is 479. The first-order valence-corrected chi connectivity index (χ1v) is 8.39. The van der Waals surface area contributed by atoms with E-state index in [1.165, 1.54) is 38.5 Å². The van der Waals surface area contributed by atoms with Crippen LogP contribution in [0.4, 0.5) is 11.8 Å². The smallest absolute Gasteiger partial charge is 0.224 e. The van der Waals surface area contributed by atoms with E-state index in [0.29, 0.717) is 6.04 Å². The number of hydrogen-bond donors (Lipinski definition) is 1. The quantitative estimate of drug-likeness (QED) is 0.680. The first-order chi connectivity index (χ1) is 10.8. The van der Waals surface area contributed by atoms with E-state index < -0.39 is 0 Å². The van der Waals surface area contributed by atoms with E-state index in [-0.39, 0.29) is 0 Å². The van der Waals surface area contributed by atoms with E-state index in [1.807, 2.05) is 17.2 Å². The maximum atomic E-state index is 10.8. The highest BCUT2D eigenvalue weighted by molar-refractivity contribution is 5.49. The summed E-state index contributed by atoms with van der Waals surface area (Å²) in [6.45, 7) is 3.19. The SMILES string of the molecule is O=CN1CCN(c2ccnc(NC3CCCCCC3)n2)CC1. The van der Waals surface area contributed by atoms with E-state index in [0.717, 1.165) is 44.4 Å². The zero-order valence-corrected chi connectivity index (χ0v) is 13.1. The second-order valence-corrected chi connectivity index (χ2v) is 6.20. The molecule has 2 heterocycles. The molecule has 1 aromatic heterocycles. The molecule has 0 aromatic carbocycles. The number of hydrogen-bond acceptors (Lipinski definition) is 5. The van der Waals surface area contributed by atoms with Crippen molar-refractivity contribution in [3.8, 4) is 0 Å². The van der Waals surface area contributed by atoms with E-state index >= 15 is 0 Å². The predicted molar refractivity (Wildman–Crippen MR) is 87.0 cm³/mol. The van der Waals surface area contributed by atoms with E-state index in [9.17, 15) is 4.79 Å². The van der Waals surface area contributed by atoms with Gasteiger partial charge in [-0.15, -0.1) is 0 Å². The third-order valence-corrected chi connectivity index (χ3v) is 4.62. The highest BCUT2D eigenvalue weighted by atomic mass is 16.1. The van der Waals surface area contributed by atoms with Crippen molar-refractivity contribution >= 4 is 18.2 Å². The van der Waals surface area contributed by atoms with Crippen molar-refractivity contribution in [2.45, 2.75) is 44.6 Å². The Kier molecular flexibility index (Phi) is 5.08. The van der Waals surface area contributed by atoms with Crippen LogP contribution in [0.1, 0.15) is 38.5 Å². The summed E-state index contributed by atoms with van der Waals surface area (Å²) < 4.78 is 0. The Morgan fingerprint density at radius 1 is 1.09 bits per heavy atom. The molecule has 6 heteroatoms. The van der Waals surface area contributed by atoms with Gasteiger partial charge in [0.1, 0.15) is 5.82 Å².